The van der Waals surface area contributed by atoms with E-state index in [-0.39, 0.29) is 12.7 Å². The monoisotopic (exact) mass is 161 g/mol. The summed E-state index contributed by atoms with van der Waals surface area (Å²) in [5, 5.41) is 0. The van der Waals surface area contributed by atoms with E-state index in [0.29, 0.717) is 6.61 Å². The fourth-order valence-electron chi connectivity index (χ4n) is 0.407. The average Bonchev–Trinajstić information content (AvgIpc) is 1.86. The van der Waals surface area contributed by atoms with Crippen LogP contribution < -0.4 is 0 Å². The van der Waals surface area contributed by atoms with Gasteiger partial charge in [0.15, 0.2) is 0 Å². The Bertz CT molecular complexity index is 111. The molecule has 1 unspecified atom stereocenters. The van der Waals surface area contributed by atoms with Crippen LogP contribution in [0.25, 0.3) is 0 Å². The topological polar surface area (TPSA) is 44.8 Å². The van der Waals surface area contributed by atoms with Crippen molar-refractivity contribution in [2.45, 2.75) is 13.0 Å². The molecule has 0 rings (SSSR count). The van der Waals surface area contributed by atoms with Gasteiger partial charge in [-0.15, -0.1) is 0 Å². The maximum absolute atomic E-state index is 10.6. The van der Waals surface area contributed by atoms with Crippen molar-refractivity contribution in [2.24, 2.45) is 0 Å². The molecule has 0 N–H and O–H groups in total. The van der Waals surface area contributed by atoms with Gasteiger partial charge in [-0.05, 0) is 13.8 Å². The third-order valence-electron chi connectivity index (χ3n) is 0.805. The van der Waals surface area contributed by atoms with Gasteiger partial charge in [-0.1, -0.05) is 0 Å². The molecule has 0 bridgehead atoms. The lowest BCUT2D eigenvalue weighted by molar-refractivity contribution is 0.0255. The molecule has 1 radical (unpaired) electrons. The van der Waals surface area contributed by atoms with Crippen LogP contribution in [0, 0.1) is 6.92 Å². The summed E-state index contributed by atoms with van der Waals surface area (Å²) in [6.07, 6.45) is -1.09. The molecule has 11 heavy (non-hydrogen) atoms. The van der Waals surface area contributed by atoms with E-state index in [2.05, 4.69) is 21.1 Å². The number of methoxy groups -OCH3 is 1. The lowest BCUT2D eigenvalue weighted by atomic mass is 10.5. The Morgan fingerprint density at radius 2 is 2.18 bits per heavy atom. The van der Waals surface area contributed by atoms with Crippen molar-refractivity contribution in [3.8, 4) is 0 Å². The van der Waals surface area contributed by atoms with Crippen molar-refractivity contribution in [1.29, 1.82) is 0 Å². The van der Waals surface area contributed by atoms with Crippen LogP contribution in [-0.4, -0.2) is 32.6 Å². The van der Waals surface area contributed by atoms with E-state index in [4.69, 9.17) is 0 Å². The number of ether oxygens (including phenoxy) is 3. The Morgan fingerprint density at radius 3 is 2.64 bits per heavy atom. The second-order valence-corrected chi connectivity index (χ2v) is 2.02. The van der Waals surface area contributed by atoms with E-state index in [0.717, 1.165) is 0 Å². The smallest absolute Gasteiger partial charge is 0.432 e. The van der Waals surface area contributed by atoms with Crippen LogP contribution in [0.5, 0.6) is 0 Å². The zero-order chi connectivity index (χ0) is 8.69. The van der Waals surface area contributed by atoms with Crippen LogP contribution >= 0.6 is 0 Å². The molecule has 0 amide bonds. The van der Waals surface area contributed by atoms with Crippen LogP contribution in [0.4, 0.5) is 4.79 Å². The fourth-order valence-corrected chi connectivity index (χ4v) is 0.407. The average molecular weight is 161 g/mol. The second kappa shape index (κ2) is 5.97. The molecule has 0 aromatic rings. The first-order chi connectivity index (χ1) is 5.16. The zero-order valence-corrected chi connectivity index (χ0v) is 6.83. The molecule has 0 aliphatic carbocycles. The minimum atomic E-state index is -0.704. The van der Waals surface area contributed by atoms with Crippen molar-refractivity contribution in [2.75, 3.05) is 20.3 Å². The van der Waals surface area contributed by atoms with Gasteiger partial charge in [-0.3, -0.25) is 0 Å². The van der Waals surface area contributed by atoms with Crippen LogP contribution in [0.15, 0.2) is 0 Å². The molecule has 0 aromatic heterocycles. The van der Waals surface area contributed by atoms with Crippen molar-refractivity contribution in [3.05, 3.63) is 6.92 Å². The van der Waals surface area contributed by atoms with Crippen LogP contribution in [0.3, 0.4) is 0 Å². The Kier molecular flexibility index (Phi) is 5.56. The molecule has 0 fully saturated rings. The molecule has 1 atom stereocenters. The summed E-state index contributed by atoms with van der Waals surface area (Å²) in [5.41, 5.74) is 0. The number of rotatable bonds is 4. The molecule has 0 heterocycles. The van der Waals surface area contributed by atoms with Crippen molar-refractivity contribution in [1.82, 2.24) is 0 Å². The molecule has 65 valence electrons. The van der Waals surface area contributed by atoms with E-state index < -0.39 is 6.16 Å². The van der Waals surface area contributed by atoms with E-state index in [1.165, 1.54) is 7.11 Å². The van der Waals surface area contributed by atoms with Gasteiger partial charge in [0.2, 0.25) is 0 Å². The molecular formula is C7H13O4. The first-order valence-electron chi connectivity index (χ1n) is 3.32. The third-order valence-corrected chi connectivity index (χ3v) is 0.805. The van der Waals surface area contributed by atoms with E-state index in [1.54, 1.807) is 6.92 Å². The van der Waals surface area contributed by atoms with Gasteiger partial charge in [0, 0.05) is 7.11 Å². The van der Waals surface area contributed by atoms with Crippen molar-refractivity contribution in [3.63, 3.8) is 0 Å². The van der Waals surface area contributed by atoms with Gasteiger partial charge in [-0.2, -0.15) is 0 Å². The summed E-state index contributed by atoms with van der Waals surface area (Å²) in [6, 6.07) is 0. The second-order valence-electron chi connectivity index (χ2n) is 2.02. The lowest BCUT2D eigenvalue weighted by Crippen LogP contribution is -2.15. The van der Waals surface area contributed by atoms with Crippen LogP contribution in [-0.2, 0) is 14.2 Å². The van der Waals surface area contributed by atoms with Gasteiger partial charge in [0.1, 0.15) is 12.7 Å². The Labute approximate surface area is 66.4 Å². The standard InChI is InChI=1S/C7H13O4/c1-6(2)11-7(8)10-5-4-9-3/h6H,1,4-5H2,2-3H3. The maximum Gasteiger partial charge on any atom is 0.508 e. The highest BCUT2D eigenvalue weighted by Gasteiger charge is 2.04. The van der Waals surface area contributed by atoms with Gasteiger partial charge >= 0.3 is 6.16 Å². The molecule has 0 saturated heterocycles. The van der Waals surface area contributed by atoms with E-state index in [1.807, 2.05) is 0 Å². The first-order valence-corrected chi connectivity index (χ1v) is 3.32. The maximum atomic E-state index is 10.6. The van der Waals surface area contributed by atoms with Gasteiger partial charge < -0.3 is 14.2 Å². The predicted molar refractivity (Wildman–Crippen MR) is 39.1 cm³/mol. The third kappa shape index (κ3) is 7.12. The summed E-state index contributed by atoms with van der Waals surface area (Å²) in [5.74, 6) is 0. The minimum absolute atomic E-state index is 0.210. The van der Waals surface area contributed by atoms with Gasteiger partial charge in [0.05, 0.1) is 6.61 Å². The molecule has 0 aliphatic rings. The van der Waals surface area contributed by atoms with Gasteiger partial charge in [-0.25, -0.2) is 4.79 Å². The Balaban J connectivity index is 3.23. The van der Waals surface area contributed by atoms with Crippen LogP contribution in [0.2, 0.25) is 0 Å². The Hall–Kier alpha value is -0.770. The Morgan fingerprint density at radius 1 is 1.55 bits per heavy atom. The summed E-state index contributed by atoms with van der Waals surface area (Å²) in [4.78, 5) is 10.6. The summed E-state index contributed by atoms with van der Waals surface area (Å²) in [6.45, 7) is 5.69. The predicted octanol–water partition coefficient (Wildman–Crippen LogP) is 1.01. The largest absolute Gasteiger partial charge is 0.508 e. The van der Waals surface area contributed by atoms with E-state index >= 15 is 0 Å². The molecule has 0 aliphatic heterocycles. The van der Waals surface area contributed by atoms with Crippen molar-refractivity contribution >= 4 is 6.16 Å². The molecule has 4 nitrogen and oxygen atoms in total. The zero-order valence-electron chi connectivity index (χ0n) is 6.83. The highest BCUT2D eigenvalue weighted by atomic mass is 16.7. The summed E-state index contributed by atoms with van der Waals surface area (Å²) in [7, 11) is 1.53. The number of carbonyl (C=O) groups is 1. The van der Waals surface area contributed by atoms with Crippen LogP contribution in [0.1, 0.15) is 6.92 Å². The molecule has 0 aromatic carbocycles. The highest BCUT2D eigenvalue weighted by Crippen LogP contribution is 1.91. The molecular weight excluding hydrogens is 148 g/mol. The molecule has 0 saturated carbocycles. The molecule has 0 spiro atoms. The number of hydrogen-bond acceptors (Lipinski definition) is 4. The fraction of sp³-hybridized carbons (Fsp3) is 0.714. The normalized spacial score (nSPS) is 9.82. The summed E-state index contributed by atoms with van der Waals surface area (Å²) < 4.78 is 13.8. The first kappa shape index (κ1) is 10.2. The van der Waals surface area contributed by atoms with E-state index in [9.17, 15) is 4.79 Å². The quantitative estimate of drug-likeness (QED) is 0.456. The number of hydrogen-bond donors (Lipinski definition) is 0. The number of carbonyl (C=O) groups excluding carboxylic acids is 1. The minimum Gasteiger partial charge on any atom is -0.432 e. The summed E-state index contributed by atoms with van der Waals surface area (Å²) >= 11 is 0. The SMILES string of the molecule is [CH2]C(C)OC(=O)OCCOC. The van der Waals surface area contributed by atoms with Crippen molar-refractivity contribution < 1.29 is 19.0 Å². The molecule has 4 heteroatoms. The van der Waals surface area contributed by atoms with Gasteiger partial charge in [0.25, 0.3) is 0 Å². The lowest BCUT2D eigenvalue weighted by Gasteiger charge is -2.07. The highest BCUT2D eigenvalue weighted by molar-refractivity contribution is 5.60.